The summed E-state index contributed by atoms with van der Waals surface area (Å²) in [6.45, 7) is 0.499. The van der Waals surface area contributed by atoms with E-state index in [1.54, 1.807) is 0 Å². The van der Waals surface area contributed by atoms with Gasteiger partial charge in [-0.2, -0.15) is 11.8 Å². The first kappa shape index (κ1) is 25.1. The molecule has 0 bridgehead atoms. The Bertz CT molecular complexity index is 706. The van der Waals surface area contributed by atoms with Crippen molar-refractivity contribution in [2.45, 2.75) is 49.4 Å². The molecule has 0 aromatic carbocycles. The van der Waals surface area contributed by atoms with Gasteiger partial charge in [0.15, 0.2) is 8.87 Å². The average molecular weight is 483 g/mol. The standard InChI is InChI=1S/C17H30N4O6S3/c1-30(25,26)29-9-7-18-15(23)6-8-27-11-19-14(22)5-3-2-4-13-16-12(10-28-13)20-17(24)21-16/h12-13,16H,2-11H2,1H3,(H,18,23)(H,19,22)(H2,20,21,24)/t12-,13-,16+/m0/s1. The van der Waals surface area contributed by atoms with Gasteiger partial charge in [0.25, 0.3) is 0 Å². The highest BCUT2D eigenvalue weighted by Gasteiger charge is 2.42. The molecule has 4 N–H and O–H groups in total. The number of nitrogens with one attached hydrogen (secondary N) is 4. The van der Waals surface area contributed by atoms with Crippen LogP contribution in [0.25, 0.3) is 0 Å². The van der Waals surface area contributed by atoms with Crippen molar-refractivity contribution in [3.05, 3.63) is 0 Å². The van der Waals surface area contributed by atoms with E-state index in [4.69, 9.17) is 4.74 Å². The zero-order valence-electron chi connectivity index (χ0n) is 17.0. The van der Waals surface area contributed by atoms with Crippen molar-refractivity contribution in [1.82, 2.24) is 21.3 Å². The maximum atomic E-state index is 11.8. The van der Waals surface area contributed by atoms with Crippen LogP contribution in [0.1, 0.15) is 32.1 Å². The molecule has 2 aliphatic heterocycles. The topological polar surface area (TPSA) is 143 Å². The molecule has 3 atom stereocenters. The Labute approximate surface area is 185 Å². The molecule has 0 aromatic rings. The van der Waals surface area contributed by atoms with Crippen molar-refractivity contribution in [1.29, 1.82) is 0 Å². The molecule has 0 radical (unpaired) electrons. The Morgan fingerprint density at radius 2 is 1.97 bits per heavy atom. The lowest BCUT2D eigenvalue weighted by Crippen LogP contribution is -2.36. The second-order valence-corrected chi connectivity index (χ2v) is 13.0. The number of thioether (sulfide) groups is 1. The number of urea groups is 1. The lowest BCUT2D eigenvalue weighted by Gasteiger charge is -2.16. The number of unbranched alkanes of at least 4 members (excludes halogenated alkanes) is 1. The number of hydrogen-bond acceptors (Lipinski definition) is 8. The molecule has 10 nitrogen and oxygen atoms in total. The van der Waals surface area contributed by atoms with Crippen LogP contribution in [0.4, 0.5) is 4.79 Å². The van der Waals surface area contributed by atoms with Crippen LogP contribution in [0.15, 0.2) is 0 Å². The third-order valence-corrected chi connectivity index (χ3v) is 8.74. The van der Waals surface area contributed by atoms with E-state index in [1.807, 2.05) is 11.8 Å². The summed E-state index contributed by atoms with van der Waals surface area (Å²) >= 11 is 1.87. The van der Waals surface area contributed by atoms with Crippen LogP contribution in [0.3, 0.4) is 0 Å². The van der Waals surface area contributed by atoms with Crippen LogP contribution >= 0.6 is 22.6 Å². The molecule has 13 heteroatoms. The molecule has 2 rings (SSSR count). The summed E-state index contributed by atoms with van der Waals surface area (Å²) in [5.74, 6) is 0.915. The number of fused-ring (bicyclic) bond motifs is 1. The highest BCUT2D eigenvalue weighted by Crippen LogP contribution is 2.33. The predicted molar refractivity (Wildman–Crippen MR) is 118 cm³/mol. The summed E-state index contributed by atoms with van der Waals surface area (Å²) in [6.07, 6.45) is 4.34. The SMILES string of the molecule is CS(=O)(=O)SCCNC(=O)CCOCNC(=O)CCCC[C@@H]1SC[C@@H]2NC(=O)N[C@H]21. The quantitative estimate of drug-likeness (QED) is 0.117. The summed E-state index contributed by atoms with van der Waals surface area (Å²) in [4.78, 5) is 34.8. The fourth-order valence-corrected chi connectivity index (χ4v) is 6.39. The van der Waals surface area contributed by atoms with Crippen molar-refractivity contribution in [2.75, 3.05) is 37.6 Å². The molecular weight excluding hydrogens is 452 g/mol. The Morgan fingerprint density at radius 1 is 1.20 bits per heavy atom. The molecule has 30 heavy (non-hydrogen) atoms. The monoisotopic (exact) mass is 482 g/mol. The van der Waals surface area contributed by atoms with E-state index >= 15 is 0 Å². The van der Waals surface area contributed by atoms with Gasteiger partial charge in [-0.15, -0.1) is 0 Å². The third-order valence-electron chi connectivity index (χ3n) is 4.65. The number of ether oxygens (including phenoxy) is 1. The third kappa shape index (κ3) is 9.75. The van der Waals surface area contributed by atoms with Crippen LogP contribution in [0.2, 0.25) is 0 Å². The molecule has 0 unspecified atom stereocenters. The molecule has 2 aliphatic rings. The first-order chi connectivity index (χ1) is 14.2. The number of hydrogen-bond donors (Lipinski definition) is 4. The molecular formula is C17H30N4O6S3. The normalized spacial score (nSPS) is 22.8. The predicted octanol–water partition coefficient (Wildman–Crippen LogP) is 0.00160. The van der Waals surface area contributed by atoms with Crippen molar-refractivity contribution < 1.29 is 27.5 Å². The van der Waals surface area contributed by atoms with Crippen LogP contribution in [-0.4, -0.2) is 81.2 Å². The minimum Gasteiger partial charge on any atom is -0.361 e. The van der Waals surface area contributed by atoms with E-state index in [2.05, 4.69) is 21.3 Å². The lowest BCUT2D eigenvalue weighted by molar-refractivity contribution is -0.123. The molecule has 0 aliphatic carbocycles. The van der Waals surface area contributed by atoms with Gasteiger partial charge >= 0.3 is 6.03 Å². The van der Waals surface area contributed by atoms with E-state index in [0.29, 0.717) is 17.4 Å². The zero-order valence-corrected chi connectivity index (χ0v) is 19.4. The molecule has 2 saturated heterocycles. The fraction of sp³-hybridized carbons (Fsp3) is 0.824. The van der Waals surface area contributed by atoms with E-state index < -0.39 is 8.87 Å². The van der Waals surface area contributed by atoms with Gasteiger partial charge in [0.1, 0.15) is 6.73 Å². The maximum Gasteiger partial charge on any atom is 0.315 e. The molecule has 0 aromatic heterocycles. The number of carbonyl (C=O) groups excluding carboxylic acids is 3. The van der Waals surface area contributed by atoms with Gasteiger partial charge in [-0.1, -0.05) is 6.42 Å². The van der Waals surface area contributed by atoms with Crippen LogP contribution in [0.5, 0.6) is 0 Å². The Hall–Kier alpha value is -1.18. The Kier molecular flexibility index (Phi) is 10.6. The average Bonchev–Trinajstić information content (AvgIpc) is 3.21. The summed E-state index contributed by atoms with van der Waals surface area (Å²) < 4.78 is 27.1. The highest BCUT2D eigenvalue weighted by atomic mass is 33.1. The van der Waals surface area contributed by atoms with Gasteiger partial charge in [0.2, 0.25) is 11.8 Å². The minimum atomic E-state index is -3.09. The van der Waals surface area contributed by atoms with Gasteiger partial charge in [0.05, 0.1) is 25.1 Å². The second kappa shape index (κ2) is 12.6. The number of amides is 4. The molecule has 4 amide bonds. The van der Waals surface area contributed by atoms with Gasteiger partial charge in [-0.05, 0) is 23.6 Å². The van der Waals surface area contributed by atoms with E-state index in [-0.39, 0.29) is 56.2 Å². The van der Waals surface area contributed by atoms with Crippen molar-refractivity contribution in [3.63, 3.8) is 0 Å². The van der Waals surface area contributed by atoms with Gasteiger partial charge in [0, 0.05) is 36.0 Å². The van der Waals surface area contributed by atoms with Gasteiger partial charge in [-0.25, -0.2) is 13.2 Å². The number of carbonyl (C=O) groups is 3. The van der Waals surface area contributed by atoms with Gasteiger partial charge in [-0.3, -0.25) is 9.59 Å². The smallest absolute Gasteiger partial charge is 0.315 e. The van der Waals surface area contributed by atoms with Crippen molar-refractivity contribution in [2.24, 2.45) is 0 Å². The fourth-order valence-electron chi connectivity index (χ4n) is 3.20. The van der Waals surface area contributed by atoms with Crippen LogP contribution in [0, 0.1) is 0 Å². The van der Waals surface area contributed by atoms with E-state index in [0.717, 1.165) is 42.1 Å². The summed E-state index contributed by atoms with van der Waals surface area (Å²) in [5, 5.41) is 11.5. The molecule has 172 valence electrons. The Morgan fingerprint density at radius 3 is 2.73 bits per heavy atom. The lowest BCUT2D eigenvalue weighted by atomic mass is 10.0. The van der Waals surface area contributed by atoms with Crippen molar-refractivity contribution >= 4 is 49.3 Å². The number of rotatable bonds is 14. The van der Waals surface area contributed by atoms with Crippen molar-refractivity contribution in [3.8, 4) is 0 Å². The largest absolute Gasteiger partial charge is 0.361 e. The van der Waals surface area contributed by atoms with Crippen LogP contribution < -0.4 is 21.3 Å². The first-order valence-corrected chi connectivity index (χ1v) is 14.3. The van der Waals surface area contributed by atoms with E-state index in [1.165, 1.54) is 0 Å². The van der Waals surface area contributed by atoms with E-state index in [9.17, 15) is 22.8 Å². The zero-order chi connectivity index (χ0) is 22.0. The second-order valence-electron chi connectivity index (χ2n) is 7.15. The van der Waals surface area contributed by atoms with Crippen LogP contribution in [-0.2, 0) is 23.2 Å². The summed E-state index contributed by atoms with van der Waals surface area (Å²) in [6, 6.07) is 0.333. The summed E-state index contributed by atoms with van der Waals surface area (Å²) in [7, 11) is -2.30. The maximum absolute atomic E-state index is 11.8. The molecule has 2 heterocycles. The van der Waals surface area contributed by atoms with Gasteiger partial charge < -0.3 is 26.0 Å². The molecule has 2 fully saturated rings. The molecule has 0 spiro atoms. The first-order valence-electron chi connectivity index (χ1n) is 9.89. The Balaban J connectivity index is 1.40. The highest BCUT2D eigenvalue weighted by molar-refractivity contribution is 8.71. The molecule has 0 saturated carbocycles. The summed E-state index contributed by atoms with van der Waals surface area (Å²) in [5.41, 5.74) is 0. The minimum absolute atomic E-state index is 0.0516.